The minimum atomic E-state index is -0.647. The van der Waals surface area contributed by atoms with Gasteiger partial charge in [0, 0.05) is 0 Å². The van der Waals surface area contributed by atoms with Crippen LogP contribution in [0, 0.1) is 29.6 Å². The molecule has 1 heterocycles. The maximum absolute atomic E-state index is 3.94. The normalized spacial score (nSPS) is 51.2. The Bertz CT molecular complexity index is 253. The van der Waals surface area contributed by atoms with Gasteiger partial charge in [0.1, 0.15) is 0 Å². The zero-order valence-corrected chi connectivity index (χ0v) is 12.3. The molecule has 0 radical (unpaired) electrons. The average molecular weight is 321 g/mol. The van der Waals surface area contributed by atoms with Crippen molar-refractivity contribution < 1.29 is 0 Å². The van der Waals surface area contributed by atoms with Crippen molar-refractivity contribution in [3.63, 3.8) is 0 Å². The Morgan fingerprint density at radius 1 is 1.20 bits per heavy atom. The number of hydrogen-bond acceptors (Lipinski definition) is 1. The molecule has 1 saturated heterocycles. The van der Waals surface area contributed by atoms with E-state index < -0.39 is 20.1 Å². The molecule has 3 aliphatic rings. The van der Waals surface area contributed by atoms with Crippen LogP contribution in [-0.2, 0) is 0 Å². The Balaban J connectivity index is 1.67. The zero-order chi connectivity index (χ0) is 10.6. The van der Waals surface area contributed by atoms with Gasteiger partial charge in [-0.1, -0.05) is 0 Å². The van der Waals surface area contributed by atoms with Gasteiger partial charge in [-0.3, -0.25) is 0 Å². The fourth-order valence-electron chi connectivity index (χ4n) is 4.22. The first-order valence-corrected chi connectivity index (χ1v) is 11.2. The summed E-state index contributed by atoms with van der Waals surface area (Å²) < 4.78 is 5.54. The summed E-state index contributed by atoms with van der Waals surface area (Å²) in [4.78, 5) is 2.52. The van der Waals surface area contributed by atoms with Gasteiger partial charge < -0.3 is 0 Å². The second-order valence-corrected chi connectivity index (χ2v) is 11.1. The molecule has 2 aliphatic carbocycles. The van der Waals surface area contributed by atoms with E-state index in [4.69, 9.17) is 0 Å². The molecule has 0 spiro atoms. The van der Waals surface area contributed by atoms with Gasteiger partial charge in [-0.05, 0) is 0 Å². The monoisotopic (exact) mass is 321 g/mol. The van der Waals surface area contributed by atoms with Gasteiger partial charge >= 0.3 is 102 Å². The summed E-state index contributed by atoms with van der Waals surface area (Å²) in [6.45, 7) is 4.87. The third kappa shape index (κ3) is 1.86. The summed E-state index contributed by atoms with van der Waals surface area (Å²) in [5, 5.41) is 0. The molecule has 0 bridgehead atoms. The Morgan fingerprint density at radius 2 is 2.00 bits per heavy atom. The number of alkyl halides is 2. The molecule has 1 aliphatic heterocycles. The number of nitrogens with one attached hydrogen (secondary N) is 1. The second kappa shape index (κ2) is 3.86. The molecule has 15 heavy (non-hydrogen) atoms. The molecule has 0 aromatic rings. The quantitative estimate of drug-likeness (QED) is 0.444. The minimum absolute atomic E-state index is 0.647. The fraction of sp³-hybridized carbons (Fsp3) is 1.00. The van der Waals surface area contributed by atoms with Crippen LogP contribution in [0.5, 0.6) is 0 Å². The van der Waals surface area contributed by atoms with Crippen LogP contribution in [0.25, 0.3) is 0 Å². The predicted molar refractivity (Wildman–Crippen MR) is 74.4 cm³/mol. The van der Waals surface area contributed by atoms with Gasteiger partial charge in [0.25, 0.3) is 0 Å². The first-order valence-electron chi connectivity index (χ1n) is 6.49. The van der Waals surface area contributed by atoms with Crippen molar-refractivity contribution in [3.05, 3.63) is 0 Å². The number of hydrogen-bond donors (Lipinski definition) is 1. The molecule has 1 nitrogen and oxygen atoms in total. The molecule has 2 saturated carbocycles. The Morgan fingerprint density at radius 3 is 2.73 bits per heavy atom. The van der Waals surface area contributed by atoms with E-state index in [0.717, 1.165) is 35.6 Å². The number of rotatable bonds is 1. The summed E-state index contributed by atoms with van der Waals surface area (Å²) in [6, 6.07) is 0.945. The van der Waals surface area contributed by atoms with E-state index >= 15 is 0 Å². The van der Waals surface area contributed by atoms with Crippen LogP contribution < -0.4 is 3.53 Å². The van der Waals surface area contributed by atoms with Crippen molar-refractivity contribution >= 4 is 20.1 Å². The second-order valence-electron chi connectivity index (χ2n) is 6.18. The summed E-state index contributed by atoms with van der Waals surface area (Å²) in [7, 11) is 0. The molecular weight excluding hydrogens is 297 g/mol. The predicted octanol–water partition coefficient (Wildman–Crippen LogP) is 3.33. The molecule has 0 aromatic carbocycles. The van der Waals surface area contributed by atoms with E-state index in [2.05, 4.69) is 22.3 Å². The van der Waals surface area contributed by atoms with Crippen molar-refractivity contribution in [2.75, 3.05) is 9.36 Å². The van der Waals surface area contributed by atoms with E-state index in [0.29, 0.717) is 0 Å². The molecule has 2 heteroatoms. The summed E-state index contributed by atoms with van der Waals surface area (Å²) in [5.41, 5.74) is 0. The SMILES string of the molecule is CC(C)C1[C@H]2C[C@H]3CI(C)N[C@H]3CC[C@@H]12. The van der Waals surface area contributed by atoms with Crippen LogP contribution in [0.4, 0.5) is 0 Å². The molecule has 0 amide bonds. The fourth-order valence-corrected chi connectivity index (χ4v) is 9.33. The Labute approximate surface area is 102 Å². The topological polar surface area (TPSA) is 12.0 Å². The van der Waals surface area contributed by atoms with Crippen molar-refractivity contribution in [2.24, 2.45) is 29.6 Å². The van der Waals surface area contributed by atoms with Gasteiger partial charge in [-0.25, -0.2) is 0 Å². The molecule has 3 rings (SSSR count). The first kappa shape index (κ1) is 10.8. The molecule has 1 unspecified atom stereocenters. The van der Waals surface area contributed by atoms with Gasteiger partial charge in [0.05, 0.1) is 0 Å². The van der Waals surface area contributed by atoms with Crippen LogP contribution in [0.1, 0.15) is 33.1 Å². The summed E-state index contributed by atoms with van der Waals surface area (Å²) in [5.74, 6) is 5.38. The van der Waals surface area contributed by atoms with Crippen molar-refractivity contribution in [1.29, 1.82) is 0 Å². The molecule has 0 aromatic heterocycles. The first-order chi connectivity index (χ1) is 7.16. The van der Waals surface area contributed by atoms with E-state index in [-0.39, 0.29) is 0 Å². The molecular formula is C13H24IN. The van der Waals surface area contributed by atoms with Crippen molar-refractivity contribution in [3.8, 4) is 0 Å². The van der Waals surface area contributed by atoms with Crippen LogP contribution in [0.15, 0.2) is 0 Å². The summed E-state index contributed by atoms with van der Waals surface area (Å²) in [6.07, 6.45) is 4.61. The van der Waals surface area contributed by atoms with Gasteiger partial charge in [-0.15, -0.1) is 0 Å². The van der Waals surface area contributed by atoms with Gasteiger partial charge in [0.15, 0.2) is 0 Å². The zero-order valence-electron chi connectivity index (χ0n) is 10.2. The standard InChI is InChI=1S/C13H24IN/c1-8(2)13-10-4-5-12-9(6-11(10)13)7-14(3)15-12/h8-13,15H,4-7H2,1-3H3/t9-,10+,11-,12-,13?/m0/s1. The van der Waals surface area contributed by atoms with Gasteiger partial charge in [0.2, 0.25) is 0 Å². The average Bonchev–Trinajstić information content (AvgIpc) is 2.76. The van der Waals surface area contributed by atoms with E-state index in [1.165, 1.54) is 12.8 Å². The van der Waals surface area contributed by atoms with Crippen molar-refractivity contribution in [1.82, 2.24) is 3.53 Å². The third-order valence-corrected chi connectivity index (χ3v) is 9.19. The van der Waals surface area contributed by atoms with Crippen LogP contribution in [0.2, 0.25) is 0 Å². The molecule has 88 valence electrons. The number of fused-ring (bicyclic) bond motifs is 2. The van der Waals surface area contributed by atoms with Crippen LogP contribution in [0.3, 0.4) is 0 Å². The van der Waals surface area contributed by atoms with E-state index in [9.17, 15) is 0 Å². The van der Waals surface area contributed by atoms with Crippen molar-refractivity contribution in [2.45, 2.75) is 39.2 Å². The van der Waals surface area contributed by atoms with E-state index in [1.54, 1.807) is 10.8 Å². The molecule has 1 N–H and O–H groups in total. The van der Waals surface area contributed by atoms with Crippen LogP contribution >= 0.6 is 20.1 Å². The van der Waals surface area contributed by atoms with Crippen LogP contribution in [-0.4, -0.2) is 15.4 Å². The molecule has 3 fully saturated rings. The van der Waals surface area contributed by atoms with Gasteiger partial charge in [-0.2, -0.15) is 0 Å². The summed E-state index contributed by atoms with van der Waals surface area (Å²) >= 11 is -0.647. The number of halogens is 1. The Hall–Kier alpha value is 0.690. The maximum atomic E-state index is 3.94. The molecule has 5 atom stereocenters. The van der Waals surface area contributed by atoms with E-state index in [1.807, 2.05) is 0 Å². The Kier molecular flexibility index (Phi) is 2.79. The third-order valence-electron chi connectivity index (χ3n) is 4.88.